The first-order valence-corrected chi connectivity index (χ1v) is 21.2. The Morgan fingerprint density at radius 1 is 0.846 bits per heavy atom. The van der Waals surface area contributed by atoms with Crippen LogP contribution in [0.3, 0.4) is 0 Å². The predicted molar refractivity (Wildman–Crippen MR) is 213 cm³/mol. The van der Waals surface area contributed by atoms with Gasteiger partial charge >= 0.3 is 5.97 Å². The van der Waals surface area contributed by atoms with E-state index in [1.807, 2.05) is 37.3 Å². The quantitative estimate of drug-likeness (QED) is 0.0482. The van der Waals surface area contributed by atoms with Gasteiger partial charge in [-0.2, -0.15) is 0 Å². The van der Waals surface area contributed by atoms with Gasteiger partial charge in [-0.1, -0.05) is 78.0 Å². The van der Waals surface area contributed by atoms with Crippen LogP contribution in [0.2, 0.25) is 18.1 Å². The van der Waals surface area contributed by atoms with E-state index in [9.17, 15) is 9.59 Å². The highest BCUT2D eigenvalue weighted by molar-refractivity contribution is 6.74. The molecule has 0 bridgehead atoms. The highest BCUT2D eigenvalue weighted by atomic mass is 28.4. The second-order valence-corrected chi connectivity index (χ2v) is 19.9. The molecule has 0 fully saturated rings. The van der Waals surface area contributed by atoms with Crippen LogP contribution in [0.1, 0.15) is 82.3 Å². The number of hydrogen-bond donors (Lipinski definition) is 0. The second-order valence-electron chi connectivity index (χ2n) is 15.1. The number of rotatable bonds is 23. The van der Waals surface area contributed by atoms with Gasteiger partial charge in [0.25, 0.3) is 0 Å². The summed E-state index contributed by atoms with van der Waals surface area (Å²) in [6.45, 7) is 26.0. The maximum Gasteiger partial charge on any atom is 0.342 e. The lowest BCUT2D eigenvalue weighted by atomic mass is 9.86. The Morgan fingerprint density at radius 3 is 2.04 bits per heavy atom. The van der Waals surface area contributed by atoms with E-state index in [4.69, 9.17) is 28.1 Å². The lowest BCUT2D eigenvalue weighted by molar-refractivity contribution is -0.121. The third kappa shape index (κ3) is 13.1. The molecule has 2 rings (SSSR count). The van der Waals surface area contributed by atoms with E-state index >= 15 is 0 Å². The summed E-state index contributed by atoms with van der Waals surface area (Å²) >= 11 is 0. The average molecular weight is 737 g/mol. The Bertz CT molecular complexity index is 1470. The monoisotopic (exact) mass is 736 g/mol. The fraction of sp³-hybridized carbons (Fsp3) is 0.535. The standard InChI is InChI=1S/C43H64O8Si/c1-14-18-30(3)37(44)27-34-26-36(47-10)28-39(48-11)40(34)42(45)50-38(19-15-2)32(5)41(51-52(12,13)43(6,7)8)31(4)20-16-17-25-49-29-33-21-23-35(46-9)24-22-33/h14-17,21-24,26,28,30-32,38,41H,1-2,18-20,25,27,29H2,3-13H3/b17-16-/t30-,31+,32+,38-,41+/m0/s1. The number of ether oxygens (including phenoxy) is 5. The van der Waals surface area contributed by atoms with E-state index in [1.54, 1.807) is 31.4 Å². The van der Waals surface area contributed by atoms with Gasteiger partial charge in [0.2, 0.25) is 0 Å². The molecule has 0 N–H and O–H groups in total. The average Bonchev–Trinajstić information content (AvgIpc) is 3.10. The van der Waals surface area contributed by atoms with E-state index < -0.39 is 20.4 Å². The molecule has 0 radical (unpaired) electrons. The molecule has 0 amide bonds. The smallest absolute Gasteiger partial charge is 0.342 e. The minimum Gasteiger partial charge on any atom is -0.497 e. The molecular formula is C43H64O8Si. The summed E-state index contributed by atoms with van der Waals surface area (Å²) in [5.41, 5.74) is 1.79. The van der Waals surface area contributed by atoms with Crippen LogP contribution in [-0.4, -0.2) is 60.2 Å². The maximum atomic E-state index is 14.2. The fourth-order valence-corrected chi connectivity index (χ4v) is 7.20. The zero-order chi connectivity index (χ0) is 39.1. The molecule has 288 valence electrons. The van der Waals surface area contributed by atoms with Crippen LogP contribution in [0.15, 0.2) is 73.9 Å². The topological polar surface area (TPSA) is 89.5 Å². The first-order chi connectivity index (χ1) is 24.5. The Morgan fingerprint density at radius 2 is 1.48 bits per heavy atom. The Balaban J connectivity index is 2.36. The molecule has 0 aliphatic rings. The van der Waals surface area contributed by atoms with Gasteiger partial charge in [-0.25, -0.2) is 4.79 Å². The molecular weight excluding hydrogens is 673 g/mol. The normalized spacial score (nSPS) is 14.9. The van der Waals surface area contributed by atoms with Crippen molar-refractivity contribution in [3.63, 3.8) is 0 Å². The van der Waals surface area contributed by atoms with Crippen LogP contribution in [0.4, 0.5) is 0 Å². The van der Waals surface area contributed by atoms with Gasteiger partial charge in [0.15, 0.2) is 8.32 Å². The number of carbonyl (C=O) groups is 2. The molecule has 2 aromatic rings. The predicted octanol–water partition coefficient (Wildman–Crippen LogP) is 9.96. The number of hydrogen-bond acceptors (Lipinski definition) is 8. The van der Waals surface area contributed by atoms with Gasteiger partial charge in [-0.15, -0.1) is 13.2 Å². The van der Waals surface area contributed by atoms with Gasteiger partial charge in [0.05, 0.1) is 40.6 Å². The largest absolute Gasteiger partial charge is 0.497 e. The third-order valence-corrected chi connectivity index (χ3v) is 14.6. The van der Waals surface area contributed by atoms with Gasteiger partial charge in [-0.3, -0.25) is 4.79 Å². The molecule has 0 aliphatic heterocycles. The molecule has 2 aromatic carbocycles. The van der Waals surface area contributed by atoms with Crippen LogP contribution < -0.4 is 14.2 Å². The summed E-state index contributed by atoms with van der Waals surface area (Å²) < 4.78 is 35.8. The first-order valence-electron chi connectivity index (χ1n) is 18.3. The Hall–Kier alpha value is -3.66. The molecule has 0 spiro atoms. The summed E-state index contributed by atoms with van der Waals surface area (Å²) in [7, 11) is 2.44. The molecule has 9 heteroatoms. The number of Topliss-reactive ketones (excluding diaryl/α,β-unsaturated/α-hetero) is 1. The van der Waals surface area contributed by atoms with Crippen LogP contribution in [0.5, 0.6) is 17.2 Å². The lowest BCUT2D eigenvalue weighted by Gasteiger charge is -2.44. The number of esters is 1. The molecule has 8 nitrogen and oxygen atoms in total. The van der Waals surface area contributed by atoms with E-state index in [0.717, 1.165) is 17.7 Å². The van der Waals surface area contributed by atoms with Crippen molar-refractivity contribution in [1.82, 2.24) is 0 Å². The molecule has 0 saturated heterocycles. The van der Waals surface area contributed by atoms with Gasteiger partial charge < -0.3 is 28.1 Å². The summed E-state index contributed by atoms with van der Waals surface area (Å²) in [6, 6.07) is 11.2. The number of methoxy groups -OCH3 is 3. The molecule has 0 heterocycles. The summed E-state index contributed by atoms with van der Waals surface area (Å²) in [6.07, 6.45) is 8.66. The van der Waals surface area contributed by atoms with Gasteiger partial charge in [-0.05, 0) is 66.2 Å². The minimum absolute atomic E-state index is 0.0175. The SMILES string of the molecule is C=CC[C@H](OC(=O)c1c(CC(=O)[C@@H](C)CC=C)cc(OC)cc1OC)[C@@H](C)[C@H](O[Si](C)(C)C(C)(C)C)[C@H](C)C/C=C\COCc1ccc(OC)cc1. The van der Waals surface area contributed by atoms with E-state index in [2.05, 4.69) is 66.9 Å². The maximum absolute atomic E-state index is 14.2. The number of benzene rings is 2. The zero-order valence-electron chi connectivity index (χ0n) is 33.6. The Kier molecular flexibility index (Phi) is 18.1. The van der Waals surface area contributed by atoms with Gasteiger partial charge in [0.1, 0.15) is 34.7 Å². The summed E-state index contributed by atoms with van der Waals surface area (Å²) in [5.74, 6) is 0.667. The third-order valence-electron chi connectivity index (χ3n) is 10.1. The van der Waals surface area contributed by atoms with Crippen molar-refractivity contribution in [2.75, 3.05) is 27.9 Å². The second kappa shape index (κ2) is 21.1. The van der Waals surface area contributed by atoms with Crippen molar-refractivity contribution < 1.29 is 37.7 Å². The van der Waals surface area contributed by atoms with Crippen LogP contribution in [0, 0.1) is 17.8 Å². The van der Waals surface area contributed by atoms with Crippen molar-refractivity contribution in [3.05, 3.63) is 90.6 Å². The highest BCUT2D eigenvalue weighted by Gasteiger charge is 2.43. The van der Waals surface area contributed by atoms with E-state index in [1.165, 1.54) is 14.2 Å². The molecule has 0 aliphatic carbocycles. The molecule has 0 unspecified atom stereocenters. The van der Waals surface area contributed by atoms with Crippen LogP contribution in [-0.2, 0) is 31.7 Å². The first kappa shape index (κ1) is 44.5. The van der Waals surface area contributed by atoms with Crippen LogP contribution >= 0.6 is 0 Å². The van der Waals surface area contributed by atoms with Gasteiger partial charge in [0, 0.05) is 30.7 Å². The molecule has 52 heavy (non-hydrogen) atoms. The Labute approximate surface area is 314 Å². The van der Waals surface area contributed by atoms with Crippen molar-refractivity contribution in [3.8, 4) is 17.2 Å². The number of ketones is 1. The van der Waals surface area contributed by atoms with E-state index in [-0.39, 0.29) is 52.4 Å². The lowest BCUT2D eigenvalue weighted by Crippen LogP contribution is -2.49. The van der Waals surface area contributed by atoms with Crippen molar-refractivity contribution in [1.29, 1.82) is 0 Å². The van der Waals surface area contributed by atoms with E-state index in [0.29, 0.717) is 37.4 Å². The number of carbonyl (C=O) groups excluding carboxylic acids is 2. The highest BCUT2D eigenvalue weighted by Crippen LogP contribution is 2.41. The fourth-order valence-electron chi connectivity index (χ4n) is 5.72. The molecule has 0 aromatic heterocycles. The van der Waals surface area contributed by atoms with Crippen molar-refractivity contribution >= 4 is 20.1 Å². The summed E-state index contributed by atoms with van der Waals surface area (Å²) in [4.78, 5) is 27.4. The van der Waals surface area contributed by atoms with Crippen molar-refractivity contribution in [2.45, 2.75) is 104 Å². The van der Waals surface area contributed by atoms with Crippen molar-refractivity contribution in [2.24, 2.45) is 17.8 Å². The zero-order valence-corrected chi connectivity index (χ0v) is 34.6. The number of allylic oxidation sites excluding steroid dienone is 2. The molecule has 0 saturated carbocycles. The van der Waals surface area contributed by atoms with Crippen LogP contribution in [0.25, 0.3) is 0 Å². The summed E-state index contributed by atoms with van der Waals surface area (Å²) in [5, 5.41) is -0.0267. The minimum atomic E-state index is -2.24. The molecule has 5 atom stereocenters.